The summed E-state index contributed by atoms with van der Waals surface area (Å²) in [5, 5.41) is 8.17. The molecule has 4 aromatic heterocycles. The normalized spacial score (nSPS) is 18.1. The van der Waals surface area contributed by atoms with Crippen molar-refractivity contribution in [1.29, 1.82) is 0 Å². The fourth-order valence-electron chi connectivity index (χ4n) is 6.00. The van der Waals surface area contributed by atoms with Gasteiger partial charge in [0.25, 0.3) is 0 Å². The van der Waals surface area contributed by atoms with Gasteiger partial charge in [-0.05, 0) is 55.9 Å². The highest BCUT2D eigenvalue weighted by molar-refractivity contribution is 7.90. The second-order valence-electron chi connectivity index (χ2n) is 10.7. The van der Waals surface area contributed by atoms with Crippen LogP contribution >= 0.6 is 0 Å². The Balaban J connectivity index is 1.75. The predicted octanol–water partition coefficient (Wildman–Crippen LogP) is 5.65. The molecule has 0 N–H and O–H groups in total. The predicted molar refractivity (Wildman–Crippen MR) is 151 cm³/mol. The molecule has 5 aromatic rings. The third-order valence-electron chi connectivity index (χ3n) is 7.98. The Morgan fingerprint density at radius 1 is 1.17 bits per heavy atom. The summed E-state index contributed by atoms with van der Waals surface area (Å²) in [5.74, 6) is -3.88. The molecule has 0 spiro atoms. The number of ether oxygens (including phenoxy) is 1. The number of halogens is 3. The molecule has 0 radical (unpaired) electrons. The zero-order valence-electron chi connectivity index (χ0n) is 26.0. The van der Waals surface area contributed by atoms with E-state index in [1.807, 2.05) is 0 Å². The van der Waals surface area contributed by atoms with Crippen LogP contribution in [-0.2, 0) is 16.9 Å². The highest BCUT2D eigenvalue weighted by Crippen LogP contribution is 2.47. The molecule has 1 fully saturated rings. The van der Waals surface area contributed by atoms with Crippen LogP contribution in [0.2, 0.25) is 0 Å². The number of sulfone groups is 1. The van der Waals surface area contributed by atoms with Crippen molar-refractivity contribution >= 4 is 31.8 Å². The van der Waals surface area contributed by atoms with Crippen LogP contribution in [-0.4, -0.2) is 57.2 Å². The maximum atomic E-state index is 15.6. The van der Waals surface area contributed by atoms with Crippen molar-refractivity contribution in [3.63, 3.8) is 0 Å². The number of benzene rings is 1. The molecular weight excluding hydrogens is 569 g/mol. The van der Waals surface area contributed by atoms with Gasteiger partial charge in [-0.2, -0.15) is 0 Å². The number of fused-ring (bicyclic) bond motifs is 3. The van der Waals surface area contributed by atoms with Gasteiger partial charge >= 0.3 is 0 Å². The third-order valence-corrected chi connectivity index (χ3v) is 9.07. The van der Waals surface area contributed by atoms with E-state index < -0.39 is 53.2 Å². The first-order chi connectivity index (χ1) is 21.1. The van der Waals surface area contributed by atoms with Crippen LogP contribution in [0.3, 0.4) is 0 Å². The van der Waals surface area contributed by atoms with E-state index in [4.69, 9.17) is 8.85 Å². The molecule has 1 atom stereocenters. The van der Waals surface area contributed by atoms with Crippen molar-refractivity contribution in [2.75, 3.05) is 13.4 Å². The molecule has 6 rings (SSSR count). The van der Waals surface area contributed by atoms with E-state index in [1.165, 1.54) is 55.5 Å². The van der Waals surface area contributed by atoms with E-state index >= 15 is 4.39 Å². The van der Waals surface area contributed by atoms with Crippen molar-refractivity contribution in [3.8, 4) is 17.0 Å². The molecule has 1 saturated carbocycles. The van der Waals surface area contributed by atoms with E-state index in [0.717, 1.165) is 6.26 Å². The zero-order chi connectivity index (χ0) is 32.5. The Morgan fingerprint density at radius 3 is 2.60 bits per heavy atom. The molecular formula is C29H29F3N6O3S. The minimum Gasteiger partial charge on any atom is -0.496 e. The number of rotatable bonds is 6. The molecule has 13 heteroatoms. The number of hydrogen-bond donors (Lipinski definition) is 0. The van der Waals surface area contributed by atoms with Gasteiger partial charge in [0.05, 0.1) is 57.1 Å². The first-order valence-corrected chi connectivity index (χ1v) is 15.1. The summed E-state index contributed by atoms with van der Waals surface area (Å²) in [6.45, 7) is -2.61. The van der Waals surface area contributed by atoms with Crippen molar-refractivity contribution in [2.45, 2.75) is 49.4 Å². The summed E-state index contributed by atoms with van der Waals surface area (Å²) in [4.78, 5) is 8.96. The van der Waals surface area contributed by atoms with Gasteiger partial charge < -0.3 is 9.30 Å². The monoisotopic (exact) mass is 601 g/mol. The summed E-state index contributed by atoms with van der Waals surface area (Å²) >= 11 is 0. The van der Waals surface area contributed by atoms with Crippen molar-refractivity contribution < 1.29 is 30.4 Å². The van der Waals surface area contributed by atoms with Crippen LogP contribution in [0.1, 0.15) is 47.2 Å². The number of aryl methyl sites for hydroxylation is 2. The molecule has 1 aliphatic carbocycles. The minimum absolute atomic E-state index is 0.00831. The lowest BCUT2D eigenvalue weighted by molar-refractivity contribution is -0.0495. The van der Waals surface area contributed by atoms with Gasteiger partial charge in [0, 0.05) is 48.2 Å². The molecule has 0 amide bonds. The zero-order valence-corrected chi connectivity index (χ0v) is 23.8. The van der Waals surface area contributed by atoms with Crippen LogP contribution in [0.25, 0.3) is 33.2 Å². The molecule has 9 nitrogen and oxygen atoms in total. The Bertz CT molecular complexity index is 2050. The molecule has 1 unspecified atom stereocenters. The lowest BCUT2D eigenvalue weighted by Gasteiger charge is -2.35. The van der Waals surface area contributed by atoms with Crippen molar-refractivity contribution in [3.05, 3.63) is 59.9 Å². The Hall–Kier alpha value is -4.00. The van der Waals surface area contributed by atoms with Gasteiger partial charge in [-0.25, -0.2) is 26.3 Å². The van der Waals surface area contributed by atoms with E-state index in [-0.39, 0.29) is 40.6 Å². The van der Waals surface area contributed by atoms with Gasteiger partial charge in [0.2, 0.25) is 5.92 Å². The number of pyridine rings is 2. The third kappa shape index (κ3) is 4.69. The van der Waals surface area contributed by atoms with Crippen molar-refractivity contribution in [2.24, 2.45) is 13.0 Å². The molecule has 0 saturated heterocycles. The summed E-state index contributed by atoms with van der Waals surface area (Å²) in [6.07, 6.45) is 3.16. The van der Waals surface area contributed by atoms with Gasteiger partial charge in [0.15, 0.2) is 9.84 Å². The maximum absolute atomic E-state index is 15.6. The lowest BCUT2D eigenvalue weighted by atomic mass is 9.80. The first kappa shape index (κ1) is 24.6. The van der Waals surface area contributed by atoms with Crippen LogP contribution in [0.15, 0.2) is 47.6 Å². The molecule has 220 valence electrons. The fraction of sp³-hybridized carbons (Fsp3) is 0.379. The number of methoxy groups -OCH3 is 1. The second-order valence-corrected chi connectivity index (χ2v) is 12.7. The van der Waals surface area contributed by atoms with E-state index in [0.29, 0.717) is 27.5 Å². The average Bonchev–Trinajstić information content (AvgIpc) is 3.52. The molecule has 1 aliphatic rings. The lowest BCUT2D eigenvalue weighted by Crippen LogP contribution is -2.31. The summed E-state index contributed by atoms with van der Waals surface area (Å²) in [6, 6.07) is 6.13. The number of hydrogen-bond acceptors (Lipinski definition) is 7. The van der Waals surface area contributed by atoms with E-state index in [9.17, 15) is 17.2 Å². The molecule has 0 bridgehead atoms. The summed E-state index contributed by atoms with van der Waals surface area (Å²) < 4.78 is 103. The van der Waals surface area contributed by atoms with Gasteiger partial charge in [-0.3, -0.25) is 9.97 Å². The van der Waals surface area contributed by atoms with Gasteiger partial charge in [0.1, 0.15) is 11.6 Å². The smallest absolute Gasteiger partial charge is 0.248 e. The quantitative estimate of drug-likeness (QED) is 0.248. The van der Waals surface area contributed by atoms with Crippen molar-refractivity contribution in [1.82, 2.24) is 29.5 Å². The first-order valence-electron chi connectivity index (χ1n) is 14.7. The van der Waals surface area contributed by atoms with Crippen LogP contribution in [0, 0.1) is 18.6 Å². The standard InChI is InChI=1S/C29H29F3N6O3S/c1-16-27(37(2)36-35-16)18-12-22-26(34-15-18)24-21(13-19(42(4,39)40)14-23(24)41-3)38(22)28(25-20(30)6-5-11-33-25)17-7-9-29(31,32)10-8-17/h5-6,11-15,17,28H,7-10H2,1-4H3/i1D3. The summed E-state index contributed by atoms with van der Waals surface area (Å²) in [5.41, 5.74) is 1.24. The minimum atomic E-state index is -3.78. The Morgan fingerprint density at radius 2 is 1.93 bits per heavy atom. The van der Waals surface area contributed by atoms with Gasteiger partial charge in [-0.15, -0.1) is 5.10 Å². The molecule has 4 heterocycles. The Labute approximate surface area is 244 Å². The maximum Gasteiger partial charge on any atom is 0.248 e. The van der Waals surface area contributed by atoms with Crippen LogP contribution < -0.4 is 4.74 Å². The molecule has 42 heavy (non-hydrogen) atoms. The van der Waals surface area contributed by atoms with Gasteiger partial charge in [-0.1, -0.05) is 5.21 Å². The number of alkyl halides is 2. The highest BCUT2D eigenvalue weighted by atomic mass is 32.2. The fourth-order valence-corrected chi connectivity index (χ4v) is 6.65. The summed E-state index contributed by atoms with van der Waals surface area (Å²) in [7, 11) is -0.865. The number of aromatic nitrogens is 6. The average molecular weight is 602 g/mol. The topological polar surface area (TPSA) is 105 Å². The highest BCUT2D eigenvalue weighted by Gasteiger charge is 2.41. The van der Waals surface area contributed by atoms with E-state index in [2.05, 4.69) is 20.3 Å². The number of nitrogens with zero attached hydrogens (tertiary/aromatic N) is 6. The van der Waals surface area contributed by atoms with E-state index in [1.54, 1.807) is 10.6 Å². The van der Waals surface area contributed by atoms with Crippen LogP contribution in [0.5, 0.6) is 5.75 Å². The Kier molecular flexibility index (Phi) is 5.90. The molecule has 0 aliphatic heterocycles. The second kappa shape index (κ2) is 10.1. The van der Waals surface area contributed by atoms with Crippen LogP contribution in [0.4, 0.5) is 13.2 Å². The molecule has 1 aromatic carbocycles. The largest absolute Gasteiger partial charge is 0.496 e. The SMILES string of the molecule is [2H]C([2H])([2H])c1nnn(C)c1-c1cnc2c3c(OC)cc(S(C)(=O)=O)cc3n(C(c3ncccc3F)C3CCC(F)(F)CC3)c2c1.